The van der Waals surface area contributed by atoms with E-state index in [0.717, 1.165) is 0 Å². The molecule has 1 aliphatic rings. The summed E-state index contributed by atoms with van der Waals surface area (Å²) in [7, 11) is 0. The minimum absolute atomic E-state index is 0.0482. The van der Waals surface area contributed by atoms with Crippen molar-refractivity contribution in [2.45, 2.75) is 6.10 Å². The van der Waals surface area contributed by atoms with Crippen LogP contribution in [-0.4, -0.2) is 47.7 Å². The van der Waals surface area contributed by atoms with Crippen molar-refractivity contribution in [3.63, 3.8) is 0 Å². The van der Waals surface area contributed by atoms with E-state index in [2.05, 4.69) is 5.92 Å². The van der Waals surface area contributed by atoms with E-state index < -0.39 is 12.1 Å². The van der Waals surface area contributed by atoms with Crippen molar-refractivity contribution in [3.8, 4) is 5.92 Å². The molecule has 2 rings (SSSR count). The predicted octanol–water partition coefficient (Wildman–Crippen LogP) is 0.550. The fraction of sp³-hybridized carbons (Fsp3) is 0.286. The van der Waals surface area contributed by atoms with Crippen molar-refractivity contribution in [1.82, 2.24) is 4.90 Å². The summed E-state index contributed by atoms with van der Waals surface area (Å²) in [5.41, 5.74) is 1.05. The first-order valence-electron chi connectivity index (χ1n) is 5.78. The molecular formula is C14H12NO4. The first-order chi connectivity index (χ1) is 9.11. The molecule has 0 saturated carbocycles. The Kier molecular flexibility index (Phi) is 3.83. The molecule has 0 aliphatic carbocycles. The summed E-state index contributed by atoms with van der Waals surface area (Å²) in [4.78, 5) is 24.5. The van der Waals surface area contributed by atoms with E-state index in [1.165, 1.54) is 4.90 Å². The molecule has 1 atom stereocenters. The van der Waals surface area contributed by atoms with Gasteiger partial charge < -0.3 is 14.7 Å². The van der Waals surface area contributed by atoms with Crippen molar-refractivity contribution in [1.29, 1.82) is 0 Å². The Bertz CT molecular complexity index is 529. The summed E-state index contributed by atoms with van der Waals surface area (Å²) >= 11 is 0. The van der Waals surface area contributed by atoms with Crippen LogP contribution >= 0.6 is 0 Å². The molecule has 1 fully saturated rings. The highest BCUT2D eigenvalue weighted by Gasteiger charge is 2.29. The fourth-order valence-corrected chi connectivity index (χ4v) is 1.86. The third kappa shape index (κ3) is 2.92. The number of nitrogens with zero attached hydrogens (tertiary/aromatic N) is 1. The predicted molar refractivity (Wildman–Crippen MR) is 66.0 cm³/mol. The Balaban J connectivity index is 2.10. The highest BCUT2D eigenvalue weighted by atomic mass is 16.5. The van der Waals surface area contributed by atoms with Gasteiger partial charge in [-0.1, -0.05) is 5.92 Å². The standard InChI is InChI=1S/C14H12NO4/c1-2-10-3-5-11(6-4-10)13(16)15-7-8-19-12(9-15)14(17)18/h3-6,12H,7-9H2,(H,17,18). The second-order valence-electron chi connectivity index (χ2n) is 4.15. The molecule has 1 heterocycles. The van der Waals surface area contributed by atoms with Gasteiger partial charge >= 0.3 is 5.97 Å². The summed E-state index contributed by atoms with van der Waals surface area (Å²) in [6.45, 7) is 0.642. The van der Waals surface area contributed by atoms with Gasteiger partial charge in [0.05, 0.1) is 13.2 Å². The second kappa shape index (κ2) is 5.55. The maximum Gasteiger partial charge on any atom is 0.334 e. The van der Waals surface area contributed by atoms with Gasteiger partial charge in [0, 0.05) is 17.7 Å². The van der Waals surface area contributed by atoms with Gasteiger partial charge in [-0.05, 0) is 30.7 Å². The van der Waals surface area contributed by atoms with Gasteiger partial charge in [-0.25, -0.2) is 4.79 Å². The van der Waals surface area contributed by atoms with E-state index >= 15 is 0 Å². The number of hydrogen-bond acceptors (Lipinski definition) is 3. The van der Waals surface area contributed by atoms with E-state index in [4.69, 9.17) is 16.3 Å². The van der Waals surface area contributed by atoms with Crippen molar-refractivity contribution >= 4 is 11.9 Å². The maximum atomic E-state index is 12.2. The molecule has 1 aliphatic heterocycles. The number of benzene rings is 1. The number of ether oxygens (including phenoxy) is 1. The van der Waals surface area contributed by atoms with Gasteiger partial charge in [0.2, 0.25) is 0 Å². The minimum atomic E-state index is -1.06. The summed E-state index contributed by atoms with van der Waals surface area (Å²) in [6, 6.07) is 6.44. The lowest BCUT2D eigenvalue weighted by atomic mass is 10.1. The largest absolute Gasteiger partial charge is 0.479 e. The molecule has 0 spiro atoms. The average Bonchev–Trinajstić information content (AvgIpc) is 2.46. The van der Waals surface area contributed by atoms with Crippen molar-refractivity contribution < 1.29 is 19.4 Å². The number of morpholine rings is 1. The third-order valence-electron chi connectivity index (χ3n) is 2.91. The SMILES string of the molecule is [C]#Cc1ccc(C(=O)N2CCOC(C(=O)O)C2)cc1. The smallest absolute Gasteiger partial charge is 0.334 e. The number of carboxylic acid groups (broad SMARTS) is 1. The number of rotatable bonds is 2. The van der Waals surface area contributed by atoms with E-state index in [0.29, 0.717) is 17.7 Å². The van der Waals surface area contributed by atoms with Crippen molar-refractivity contribution in [2.24, 2.45) is 0 Å². The zero-order valence-corrected chi connectivity index (χ0v) is 10.1. The normalized spacial score (nSPS) is 18.7. The Labute approximate surface area is 110 Å². The van der Waals surface area contributed by atoms with Crippen LogP contribution in [0.15, 0.2) is 24.3 Å². The number of amides is 1. The summed E-state index contributed by atoms with van der Waals surface area (Å²) in [5.74, 6) is 0.928. The monoisotopic (exact) mass is 258 g/mol. The first kappa shape index (κ1) is 13.1. The van der Waals surface area contributed by atoms with Crippen molar-refractivity contribution in [2.75, 3.05) is 19.7 Å². The Morgan fingerprint density at radius 1 is 1.37 bits per heavy atom. The molecule has 1 unspecified atom stereocenters. The lowest BCUT2D eigenvalue weighted by Gasteiger charge is -2.30. The fourth-order valence-electron chi connectivity index (χ4n) is 1.86. The molecule has 1 aromatic rings. The molecule has 1 saturated heterocycles. The van der Waals surface area contributed by atoms with Crippen LogP contribution in [0.3, 0.4) is 0 Å². The first-order valence-corrected chi connectivity index (χ1v) is 5.78. The molecule has 97 valence electrons. The van der Waals surface area contributed by atoms with Crippen LogP contribution in [0.2, 0.25) is 0 Å². The summed E-state index contributed by atoms with van der Waals surface area (Å²) < 4.78 is 5.06. The summed E-state index contributed by atoms with van der Waals surface area (Å²) in [6.07, 6.45) is 6.00. The Hall–Kier alpha value is -2.32. The van der Waals surface area contributed by atoms with Gasteiger partial charge in [0.25, 0.3) is 5.91 Å². The molecule has 0 aromatic heterocycles. The summed E-state index contributed by atoms with van der Waals surface area (Å²) in [5, 5.41) is 8.88. The van der Waals surface area contributed by atoms with Crippen LogP contribution in [0.4, 0.5) is 0 Å². The van der Waals surface area contributed by atoms with Gasteiger partial charge in [-0.3, -0.25) is 4.79 Å². The lowest BCUT2D eigenvalue weighted by Crippen LogP contribution is -2.48. The van der Waals surface area contributed by atoms with Gasteiger partial charge in [0.15, 0.2) is 6.10 Å². The average molecular weight is 258 g/mol. The zero-order chi connectivity index (χ0) is 13.8. The van der Waals surface area contributed by atoms with Crippen LogP contribution < -0.4 is 0 Å². The van der Waals surface area contributed by atoms with Gasteiger partial charge in [-0.2, -0.15) is 0 Å². The topological polar surface area (TPSA) is 66.8 Å². The number of carbonyl (C=O) groups is 2. The third-order valence-corrected chi connectivity index (χ3v) is 2.91. The minimum Gasteiger partial charge on any atom is -0.479 e. The molecule has 5 heteroatoms. The number of carbonyl (C=O) groups excluding carboxylic acids is 1. The molecule has 1 N–H and O–H groups in total. The number of aliphatic carboxylic acids is 1. The Morgan fingerprint density at radius 3 is 2.63 bits per heavy atom. The van der Waals surface area contributed by atoms with Gasteiger partial charge in [-0.15, -0.1) is 0 Å². The van der Waals surface area contributed by atoms with Crippen LogP contribution in [0, 0.1) is 12.3 Å². The lowest BCUT2D eigenvalue weighted by molar-refractivity contribution is -0.154. The van der Waals surface area contributed by atoms with Crippen molar-refractivity contribution in [3.05, 3.63) is 41.8 Å². The van der Waals surface area contributed by atoms with E-state index in [-0.39, 0.29) is 19.1 Å². The molecule has 19 heavy (non-hydrogen) atoms. The van der Waals surface area contributed by atoms with E-state index in [1.807, 2.05) is 0 Å². The Morgan fingerprint density at radius 2 is 2.05 bits per heavy atom. The highest BCUT2D eigenvalue weighted by molar-refractivity contribution is 5.94. The van der Waals surface area contributed by atoms with Gasteiger partial charge in [0.1, 0.15) is 0 Å². The van der Waals surface area contributed by atoms with Crippen LogP contribution in [0.1, 0.15) is 15.9 Å². The molecule has 5 nitrogen and oxygen atoms in total. The number of carboxylic acids is 1. The second-order valence-corrected chi connectivity index (χ2v) is 4.15. The van der Waals surface area contributed by atoms with Crippen LogP contribution in [0.25, 0.3) is 0 Å². The van der Waals surface area contributed by atoms with Crippen LogP contribution in [-0.2, 0) is 9.53 Å². The maximum absolute atomic E-state index is 12.2. The molecule has 1 aromatic carbocycles. The van der Waals surface area contributed by atoms with E-state index in [1.54, 1.807) is 24.3 Å². The van der Waals surface area contributed by atoms with E-state index in [9.17, 15) is 9.59 Å². The zero-order valence-electron chi connectivity index (χ0n) is 10.1. The molecule has 0 bridgehead atoms. The molecule has 1 amide bonds. The number of hydrogen-bond donors (Lipinski definition) is 1. The highest BCUT2D eigenvalue weighted by Crippen LogP contribution is 2.12. The molecule has 1 radical (unpaired) electrons. The quantitative estimate of drug-likeness (QED) is 0.787. The van der Waals surface area contributed by atoms with Crippen LogP contribution in [0.5, 0.6) is 0 Å². The molecular weight excluding hydrogens is 246 g/mol.